The highest BCUT2D eigenvalue weighted by Gasteiger charge is 2.36. The van der Waals surface area contributed by atoms with Crippen LogP contribution in [0.15, 0.2) is 6.33 Å². The lowest BCUT2D eigenvalue weighted by atomic mass is 9.99. The van der Waals surface area contributed by atoms with Gasteiger partial charge in [-0.15, -0.1) is 10.2 Å². The molecule has 1 aromatic heterocycles. The molecule has 1 saturated heterocycles. The van der Waals surface area contributed by atoms with E-state index in [0.29, 0.717) is 31.8 Å². The Morgan fingerprint density at radius 1 is 1.19 bits per heavy atom. The molecule has 0 aliphatic carbocycles. The van der Waals surface area contributed by atoms with Gasteiger partial charge in [0.15, 0.2) is 0 Å². The Morgan fingerprint density at radius 3 is 2.57 bits per heavy atom. The first-order valence-electron chi connectivity index (χ1n) is 6.83. The van der Waals surface area contributed by atoms with E-state index >= 15 is 0 Å². The number of carboxylic acids is 1. The Balaban J connectivity index is 1.69. The van der Waals surface area contributed by atoms with Crippen LogP contribution in [0.2, 0.25) is 0 Å². The summed E-state index contributed by atoms with van der Waals surface area (Å²) >= 11 is 0. The van der Waals surface area contributed by atoms with Crippen LogP contribution in [0.1, 0.15) is 18.7 Å². The first-order chi connectivity index (χ1) is 9.98. The number of carbonyl (C=O) groups is 1. The lowest BCUT2D eigenvalue weighted by molar-refractivity contribution is -0.142. The van der Waals surface area contributed by atoms with Crippen LogP contribution in [0.3, 0.4) is 0 Å². The summed E-state index contributed by atoms with van der Waals surface area (Å²) in [6, 6.07) is 0. The number of fused-ring (bicyclic) bond motifs is 1. The molecule has 1 fully saturated rings. The molecule has 116 valence electrons. The summed E-state index contributed by atoms with van der Waals surface area (Å²) in [5.74, 6) is -0.663. The van der Waals surface area contributed by atoms with Gasteiger partial charge in [-0.2, -0.15) is 17.0 Å². The Bertz CT molecular complexity index is 635. The summed E-state index contributed by atoms with van der Waals surface area (Å²) in [7, 11) is -3.56. The van der Waals surface area contributed by atoms with Crippen LogP contribution in [0, 0.1) is 5.92 Å². The van der Waals surface area contributed by atoms with E-state index in [2.05, 4.69) is 10.2 Å². The average molecular weight is 315 g/mol. The monoisotopic (exact) mass is 315 g/mol. The summed E-state index contributed by atoms with van der Waals surface area (Å²) in [5, 5.41) is 16.7. The fourth-order valence-electron chi connectivity index (χ4n) is 2.74. The highest BCUT2D eigenvalue weighted by atomic mass is 32.2. The van der Waals surface area contributed by atoms with Crippen molar-refractivity contribution in [1.29, 1.82) is 0 Å². The molecule has 0 atom stereocenters. The molecule has 0 bridgehead atoms. The van der Waals surface area contributed by atoms with E-state index in [0.717, 1.165) is 0 Å². The fraction of sp³-hybridized carbons (Fsp3) is 0.727. The molecule has 0 aromatic carbocycles. The minimum atomic E-state index is -3.56. The molecule has 1 aromatic rings. The van der Waals surface area contributed by atoms with Crippen molar-refractivity contribution in [3.05, 3.63) is 12.2 Å². The van der Waals surface area contributed by atoms with Crippen molar-refractivity contribution in [3.63, 3.8) is 0 Å². The number of nitrogens with zero attached hydrogens (tertiary/aromatic N) is 5. The fourth-order valence-corrected chi connectivity index (χ4v) is 4.33. The Labute approximate surface area is 122 Å². The van der Waals surface area contributed by atoms with Crippen LogP contribution < -0.4 is 0 Å². The Hall–Kier alpha value is -1.52. The zero-order valence-corrected chi connectivity index (χ0v) is 12.2. The van der Waals surface area contributed by atoms with Crippen LogP contribution in [0.25, 0.3) is 0 Å². The maximum Gasteiger partial charge on any atom is 0.306 e. The zero-order chi connectivity index (χ0) is 15.0. The topological polar surface area (TPSA) is 109 Å². The maximum absolute atomic E-state index is 12.6. The number of hydrogen-bond donors (Lipinski definition) is 1. The van der Waals surface area contributed by atoms with Crippen molar-refractivity contribution < 1.29 is 18.3 Å². The highest BCUT2D eigenvalue weighted by Crippen LogP contribution is 2.23. The third-order valence-corrected chi connectivity index (χ3v) is 6.04. The quantitative estimate of drug-likeness (QED) is 0.777. The number of aromatic nitrogens is 3. The van der Waals surface area contributed by atoms with Gasteiger partial charge in [0, 0.05) is 26.2 Å². The first-order valence-corrected chi connectivity index (χ1v) is 8.23. The van der Waals surface area contributed by atoms with Crippen molar-refractivity contribution in [2.75, 3.05) is 19.6 Å². The number of carboxylic acid groups (broad SMARTS) is 1. The summed E-state index contributed by atoms with van der Waals surface area (Å²) in [4.78, 5) is 10.9. The van der Waals surface area contributed by atoms with Crippen molar-refractivity contribution in [1.82, 2.24) is 23.4 Å². The van der Waals surface area contributed by atoms with Crippen molar-refractivity contribution in [2.45, 2.75) is 25.9 Å². The van der Waals surface area contributed by atoms with Gasteiger partial charge in [-0.1, -0.05) is 0 Å². The molecule has 0 amide bonds. The normalized spacial score (nSPS) is 22.1. The minimum Gasteiger partial charge on any atom is -0.481 e. The van der Waals surface area contributed by atoms with Crippen LogP contribution >= 0.6 is 0 Å². The van der Waals surface area contributed by atoms with Gasteiger partial charge in [-0.05, 0) is 12.8 Å². The minimum absolute atomic E-state index is 0.210. The van der Waals surface area contributed by atoms with Crippen LogP contribution in [0.5, 0.6) is 0 Å². The van der Waals surface area contributed by atoms with Gasteiger partial charge in [0.1, 0.15) is 12.2 Å². The highest BCUT2D eigenvalue weighted by molar-refractivity contribution is 7.86. The van der Waals surface area contributed by atoms with Gasteiger partial charge in [0.25, 0.3) is 10.2 Å². The number of hydrogen-bond acceptors (Lipinski definition) is 5. The summed E-state index contributed by atoms with van der Waals surface area (Å²) in [6.45, 7) is 1.63. The summed E-state index contributed by atoms with van der Waals surface area (Å²) < 4.78 is 29.8. The van der Waals surface area contributed by atoms with Crippen LogP contribution in [-0.2, 0) is 28.1 Å². The van der Waals surface area contributed by atoms with Crippen molar-refractivity contribution in [2.24, 2.45) is 5.92 Å². The average Bonchev–Trinajstić information content (AvgIpc) is 2.94. The number of aliphatic carboxylic acids is 1. The van der Waals surface area contributed by atoms with E-state index in [-0.39, 0.29) is 19.6 Å². The molecule has 2 aliphatic heterocycles. The second-order valence-electron chi connectivity index (χ2n) is 5.29. The SMILES string of the molecule is O=C(O)C1CCN(S(=O)(=O)N2CCn3cnnc3C2)CC1. The Kier molecular flexibility index (Phi) is 3.68. The van der Waals surface area contributed by atoms with Gasteiger partial charge < -0.3 is 9.67 Å². The summed E-state index contributed by atoms with van der Waals surface area (Å²) in [5.41, 5.74) is 0. The molecule has 10 heteroatoms. The smallest absolute Gasteiger partial charge is 0.306 e. The van der Waals surface area contributed by atoms with Gasteiger partial charge in [0.05, 0.1) is 12.5 Å². The van der Waals surface area contributed by atoms with E-state index in [1.807, 2.05) is 4.57 Å². The van der Waals surface area contributed by atoms with E-state index in [1.54, 1.807) is 6.33 Å². The van der Waals surface area contributed by atoms with Gasteiger partial charge in [-0.25, -0.2) is 0 Å². The molecule has 21 heavy (non-hydrogen) atoms. The second-order valence-corrected chi connectivity index (χ2v) is 7.22. The van der Waals surface area contributed by atoms with Gasteiger partial charge in [-0.3, -0.25) is 4.79 Å². The molecule has 0 spiro atoms. The Morgan fingerprint density at radius 2 is 1.90 bits per heavy atom. The van der Waals surface area contributed by atoms with E-state index in [1.165, 1.54) is 8.61 Å². The van der Waals surface area contributed by atoms with Crippen molar-refractivity contribution >= 4 is 16.2 Å². The molecule has 0 saturated carbocycles. The van der Waals surface area contributed by atoms with Gasteiger partial charge in [0.2, 0.25) is 0 Å². The van der Waals surface area contributed by atoms with Crippen LogP contribution in [0.4, 0.5) is 0 Å². The van der Waals surface area contributed by atoms with E-state index in [4.69, 9.17) is 5.11 Å². The third-order valence-electron chi connectivity index (χ3n) is 4.06. The van der Waals surface area contributed by atoms with E-state index < -0.39 is 22.1 Å². The molecule has 2 aliphatic rings. The largest absolute Gasteiger partial charge is 0.481 e. The molecular weight excluding hydrogens is 298 g/mol. The molecule has 3 heterocycles. The summed E-state index contributed by atoms with van der Waals surface area (Å²) in [6.07, 6.45) is 2.31. The third kappa shape index (κ3) is 2.65. The number of rotatable bonds is 3. The molecule has 9 nitrogen and oxygen atoms in total. The lowest BCUT2D eigenvalue weighted by Gasteiger charge is -2.35. The molecule has 0 unspecified atom stereocenters. The lowest BCUT2D eigenvalue weighted by Crippen LogP contribution is -2.49. The predicted molar refractivity (Wildman–Crippen MR) is 71.3 cm³/mol. The molecule has 0 radical (unpaired) electrons. The second kappa shape index (κ2) is 5.35. The number of piperidine rings is 1. The van der Waals surface area contributed by atoms with Gasteiger partial charge >= 0.3 is 5.97 Å². The zero-order valence-electron chi connectivity index (χ0n) is 11.4. The van der Waals surface area contributed by atoms with Crippen molar-refractivity contribution in [3.8, 4) is 0 Å². The maximum atomic E-state index is 12.6. The molecular formula is C11H17N5O4S. The molecule has 1 N–H and O–H groups in total. The molecule has 3 rings (SSSR count). The van der Waals surface area contributed by atoms with E-state index in [9.17, 15) is 13.2 Å². The van der Waals surface area contributed by atoms with Crippen LogP contribution in [-0.4, -0.2) is 62.5 Å². The standard InChI is InChI=1S/C11H17N5O4S/c17-11(18)9-1-3-15(4-2-9)21(19,20)16-6-5-14-8-12-13-10(14)7-16/h8-9H,1-7H2,(H,17,18). The predicted octanol–water partition coefficient (Wildman–Crippen LogP) is -0.865. The first kappa shape index (κ1) is 14.4.